The maximum Gasteiger partial charge on any atom is 0.223 e. The van der Waals surface area contributed by atoms with Crippen LogP contribution in [0.2, 0.25) is 0 Å². The van der Waals surface area contributed by atoms with Crippen LogP contribution in [0, 0.1) is 16.6 Å². The predicted molar refractivity (Wildman–Crippen MR) is 117 cm³/mol. The molecular formula is C21H32N6OS. The summed E-state index contributed by atoms with van der Waals surface area (Å²) in [6.45, 7) is 11.6. The molecule has 7 nitrogen and oxygen atoms in total. The van der Waals surface area contributed by atoms with E-state index in [4.69, 9.17) is 17.3 Å². The minimum Gasteiger partial charge on any atom is -0.353 e. The third-order valence-corrected chi connectivity index (χ3v) is 6.27. The van der Waals surface area contributed by atoms with Crippen molar-refractivity contribution in [1.82, 2.24) is 29.5 Å². The van der Waals surface area contributed by atoms with Crippen molar-refractivity contribution in [1.29, 1.82) is 0 Å². The first-order valence-electron chi connectivity index (χ1n) is 10.5. The number of aromatic nitrogens is 4. The summed E-state index contributed by atoms with van der Waals surface area (Å²) >= 11 is 5.67. The van der Waals surface area contributed by atoms with Gasteiger partial charge in [0, 0.05) is 49.6 Å². The van der Waals surface area contributed by atoms with Gasteiger partial charge >= 0.3 is 0 Å². The summed E-state index contributed by atoms with van der Waals surface area (Å²) in [4.78, 5) is 18.9. The van der Waals surface area contributed by atoms with Crippen LogP contribution in [0.4, 0.5) is 0 Å². The molecule has 3 heterocycles. The lowest BCUT2D eigenvalue weighted by Crippen LogP contribution is -2.44. The average molecular weight is 417 g/mol. The number of amides is 1. The third kappa shape index (κ3) is 5.11. The molecule has 0 aliphatic carbocycles. The minimum absolute atomic E-state index is 0.0981. The largest absolute Gasteiger partial charge is 0.353 e. The summed E-state index contributed by atoms with van der Waals surface area (Å²) in [7, 11) is 0. The molecule has 0 spiro atoms. The Kier molecular flexibility index (Phi) is 7.18. The first kappa shape index (κ1) is 21.6. The molecule has 1 saturated heterocycles. The Bertz CT molecular complexity index is 867. The van der Waals surface area contributed by atoms with Gasteiger partial charge in [0.25, 0.3) is 0 Å². The summed E-state index contributed by atoms with van der Waals surface area (Å²) in [5, 5.41) is 7.94. The van der Waals surface area contributed by atoms with Gasteiger partial charge in [-0.3, -0.25) is 14.7 Å². The number of piperidine rings is 1. The topological polar surface area (TPSA) is 68.0 Å². The molecule has 1 fully saturated rings. The zero-order chi connectivity index (χ0) is 21.0. The van der Waals surface area contributed by atoms with Gasteiger partial charge in [-0.1, -0.05) is 13.8 Å². The molecule has 1 aliphatic rings. The fraction of sp³-hybridized carbons (Fsp3) is 0.619. The fourth-order valence-electron chi connectivity index (χ4n) is 3.57. The Morgan fingerprint density at radius 3 is 2.48 bits per heavy atom. The fourth-order valence-corrected chi connectivity index (χ4v) is 3.88. The lowest BCUT2D eigenvalue weighted by Gasteiger charge is -2.32. The van der Waals surface area contributed by atoms with E-state index in [0.29, 0.717) is 12.6 Å². The van der Waals surface area contributed by atoms with E-state index in [9.17, 15) is 4.79 Å². The second-order valence-electron chi connectivity index (χ2n) is 8.16. The number of nitrogens with zero attached hydrogens (tertiary/aromatic N) is 5. The number of carbonyl (C=O) groups excluding carboxylic acids is 1. The predicted octanol–water partition coefficient (Wildman–Crippen LogP) is 3.33. The number of hydrogen-bond acceptors (Lipinski definition) is 5. The molecule has 0 radical (unpaired) electrons. The number of carbonyl (C=O) groups is 1. The summed E-state index contributed by atoms with van der Waals surface area (Å²) in [6.07, 6.45) is 5.28. The van der Waals surface area contributed by atoms with E-state index in [2.05, 4.69) is 47.5 Å². The lowest BCUT2D eigenvalue weighted by molar-refractivity contribution is -0.127. The SMILES string of the molecule is CCn1c(-c2ccncc2)nn(CN2CCC(C(=O)NC(C)C(C)C)CC2)c1=S. The number of rotatable bonds is 7. The molecule has 0 bridgehead atoms. The molecule has 1 aliphatic heterocycles. The van der Waals surface area contributed by atoms with Gasteiger partial charge in [0.05, 0.1) is 6.67 Å². The molecule has 3 rings (SSSR count). The van der Waals surface area contributed by atoms with Gasteiger partial charge in [0.15, 0.2) is 10.6 Å². The van der Waals surface area contributed by atoms with Crippen LogP contribution in [0.5, 0.6) is 0 Å². The lowest BCUT2D eigenvalue weighted by atomic mass is 9.95. The smallest absolute Gasteiger partial charge is 0.223 e. The third-order valence-electron chi connectivity index (χ3n) is 5.84. The zero-order valence-electron chi connectivity index (χ0n) is 17.8. The summed E-state index contributed by atoms with van der Waals surface area (Å²) in [5.41, 5.74) is 1.02. The van der Waals surface area contributed by atoms with Crippen molar-refractivity contribution >= 4 is 18.1 Å². The Hall–Kier alpha value is -2.06. The van der Waals surface area contributed by atoms with Crippen molar-refractivity contribution in [3.8, 4) is 11.4 Å². The monoisotopic (exact) mass is 416 g/mol. The number of nitrogens with one attached hydrogen (secondary N) is 1. The molecule has 0 saturated carbocycles. The highest BCUT2D eigenvalue weighted by molar-refractivity contribution is 7.71. The maximum atomic E-state index is 12.5. The average Bonchev–Trinajstić information content (AvgIpc) is 3.04. The van der Waals surface area contributed by atoms with E-state index >= 15 is 0 Å². The Morgan fingerprint density at radius 1 is 1.24 bits per heavy atom. The molecule has 2 aromatic heterocycles. The van der Waals surface area contributed by atoms with Crippen molar-refractivity contribution in [2.45, 2.75) is 59.8 Å². The number of likely N-dealkylation sites (tertiary alicyclic amines) is 1. The molecule has 158 valence electrons. The molecule has 1 atom stereocenters. The standard InChI is InChI=1S/C21H32N6OS/c1-5-26-19(17-6-10-22-11-7-17)24-27(21(26)29)14-25-12-8-18(9-13-25)20(28)23-16(4)15(2)3/h6-7,10-11,15-16,18H,5,8-9,12-14H2,1-4H3,(H,23,28). The minimum atomic E-state index is 0.0981. The van der Waals surface area contributed by atoms with Crippen LogP contribution in [0.25, 0.3) is 11.4 Å². The van der Waals surface area contributed by atoms with E-state index in [1.165, 1.54) is 0 Å². The van der Waals surface area contributed by atoms with Gasteiger partial charge < -0.3 is 9.88 Å². The highest BCUT2D eigenvalue weighted by Gasteiger charge is 2.26. The zero-order valence-corrected chi connectivity index (χ0v) is 18.7. The van der Waals surface area contributed by atoms with Crippen molar-refractivity contribution in [2.24, 2.45) is 11.8 Å². The molecule has 29 heavy (non-hydrogen) atoms. The van der Waals surface area contributed by atoms with Crippen molar-refractivity contribution < 1.29 is 4.79 Å². The van der Waals surface area contributed by atoms with Gasteiger partial charge in [0.1, 0.15) is 0 Å². The maximum absolute atomic E-state index is 12.5. The van der Waals surface area contributed by atoms with Crippen LogP contribution < -0.4 is 5.32 Å². The molecule has 1 amide bonds. The first-order valence-corrected chi connectivity index (χ1v) is 10.9. The van der Waals surface area contributed by atoms with Crippen LogP contribution in [0.3, 0.4) is 0 Å². The molecule has 0 aromatic carbocycles. The Morgan fingerprint density at radius 2 is 1.90 bits per heavy atom. The molecule has 2 aromatic rings. The highest BCUT2D eigenvalue weighted by atomic mass is 32.1. The summed E-state index contributed by atoms with van der Waals surface area (Å²) in [5.74, 6) is 1.61. The Labute approximate surface area is 178 Å². The quantitative estimate of drug-likeness (QED) is 0.701. The summed E-state index contributed by atoms with van der Waals surface area (Å²) < 4.78 is 4.68. The second-order valence-corrected chi connectivity index (χ2v) is 8.53. The van der Waals surface area contributed by atoms with Crippen LogP contribution in [-0.4, -0.2) is 49.3 Å². The van der Waals surface area contributed by atoms with E-state index < -0.39 is 0 Å². The van der Waals surface area contributed by atoms with E-state index in [1.807, 2.05) is 16.8 Å². The number of hydrogen-bond donors (Lipinski definition) is 1. The van der Waals surface area contributed by atoms with E-state index in [0.717, 1.165) is 48.6 Å². The van der Waals surface area contributed by atoms with Gasteiger partial charge in [-0.15, -0.1) is 0 Å². The summed E-state index contributed by atoms with van der Waals surface area (Å²) in [6, 6.07) is 4.12. The van der Waals surface area contributed by atoms with Crippen LogP contribution in [0.1, 0.15) is 40.5 Å². The van der Waals surface area contributed by atoms with Crippen LogP contribution in [-0.2, 0) is 18.0 Å². The number of pyridine rings is 1. The van der Waals surface area contributed by atoms with Gasteiger partial charge in [-0.05, 0) is 57.0 Å². The normalized spacial score (nSPS) is 16.9. The van der Waals surface area contributed by atoms with E-state index in [1.54, 1.807) is 12.4 Å². The Balaban J connectivity index is 1.63. The van der Waals surface area contributed by atoms with Gasteiger partial charge in [-0.2, -0.15) is 5.10 Å². The van der Waals surface area contributed by atoms with Gasteiger partial charge in [0.2, 0.25) is 5.91 Å². The van der Waals surface area contributed by atoms with Crippen molar-refractivity contribution in [3.63, 3.8) is 0 Å². The molecule has 8 heteroatoms. The molecule has 1 unspecified atom stereocenters. The van der Waals surface area contributed by atoms with E-state index in [-0.39, 0.29) is 17.9 Å². The van der Waals surface area contributed by atoms with Crippen LogP contribution in [0.15, 0.2) is 24.5 Å². The first-order chi connectivity index (χ1) is 13.9. The van der Waals surface area contributed by atoms with Crippen molar-refractivity contribution in [2.75, 3.05) is 13.1 Å². The molecular weight excluding hydrogens is 384 g/mol. The molecule has 1 N–H and O–H groups in total. The van der Waals surface area contributed by atoms with Gasteiger partial charge in [-0.25, -0.2) is 4.68 Å². The highest BCUT2D eigenvalue weighted by Crippen LogP contribution is 2.21. The van der Waals surface area contributed by atoms with Crippen molar-refractivity contribution in [3.05, 3.63) is 29.3 Å². The second kappa shape index (κ2) is 9.63. The van der Waals surface area contributed by atoms with Crippen LogP contribution >= 0.6 is 12.2 Å².